The minimum atomic E-state index is -1.60. The summed E-state index contributed by atoms with van der Waals surface area (Å²) in [6, 6.07) is 32.0. The van der Waals surface area contributed by atoms with Gasteiger partial charge in [0.2, 0.25) is 0 Å². The molecule has 0 aliphatic carbocycles. The predicted octanol–water partition coefficient (Wildman–Crippen LogP) is 6.64. The van der Waals surface area contributed by atoms with Crippen LogP contribution in [-0.4, -0.2) is 18.0 Å². The van der Waals surface area contributed by atoms with Gasteiger partial charge in [-0.15, -0.1) is 64.7 Å². The number of fused-ring (bicyclic) bond motifs is 3. The van der Waals surface area contributed by atoms with Crippen molar-refractivity contribution in [2.45, 2.75) is 26.9 Å². The van der Waals surface area contributed by atoms with Crippen molar-refractivity contribution in [3.05, 3.63) is 108 Å². The van der Waals surface area contributed by atoms with Crippen LogP contribution in [0.25, 0.3) is 43.7 Å². The van der Waals surface area contributed by atoms with Crippen LogP contribution >= 0.6 is 0 Å². The van der Waals surface area contributed by atoms with Gasteiger partial charge in [-0.25, -0.2) is 0 Å². The third-order valence-electron chi connectivity index (χ3n) is 7.11. The average molecular weight is 659 g/mol. The van der Waals surface area contributed by atoms with Crippen LogP contribution in [0.4, 0.5) is 0 Å². The summed E-state index contributed by atoms with van der Waals surface area (Å²) < 4.78 is 0. The van der Waals surface area contributed by atoms with Gasteiger partial charge in [-0.3, -0.25) is 0 Å². The second-order valence-corrected chi connectivity index (χ2v) is 14.2. The van der Waals surface area contributed by atoms with Crippen LogP contribution < -0.4 is 10.4 Å². The number of hydrogen-bond donors (Lipinski definition) is 0. The van der Waals surface area contributed by atoms with E-state index in [1.807, 2.05) is 42.7 Å². The quantitative estimate of drug-likeness (QED) is 0.113. The molecule has 1 aliphatic heterocycles. The Morgan fingerprint density at radius 2 is 1.56 bits per heavy atom. The SMILES string of the molecule is Cc1ccnc(-c2[c-]cccc2)c1.Cc1cnc2c3[c-]ccc4c3c3c(cccc3c2c1)[Si]4(C)C.[Ir]. The maximum atomic E-state index is 4.76. The Morgan fingerprint density at radius 3 is 2.33 bits per heavy atom. The second-order valence-electron chi connectivity index (χ2n) is 9.90. The van der Waals surface area contributed by atoms with E-state index in [4.69, 9.17) is 4.98 Å². The van der Waals surface area contributed by atoms with Crippen molar-refractivity contribution < 1.29 is 20.1 Å². The van der Waals surface area contributed by atoms with Crippen LogP contribution in [0, 0.1) is 26.0 Å². The summed E-state index contributed by atoms with van der Waals surface area (Å²) in [6.07, 6.45) is 3.80. The van der Waals surface area contributed by atoms with Gasteiger partial charge in [0.1, 0.15) is 0 Å². The van der Waals surface area contributed by atoms with Gasteiger partial charge in [0.25, 0.3) is 0 Å². The molecule has 2 nitrogen and oxygen atoms in total. The van der Waals surface area contributed by atoms with E-state index in [0.29, 0.717) is 0 Å². The molecule has 36 heavy (non-hydrogen) atoms. The molecule has 0 bridgehead atoms. The molecule has 4 heteroatoms. The van der Waals surface area contributed by atoms with Gasteiger partial charge in [-0.1, -0.05) is 64.9 Å². The molecule has 7 rings (SSSR count). The molecule has 0 amide bonds. The van der Waals surface area contributed by atoms with E-state index in [9.17, 15) is 0 Å². The summed E-state index contributed by atoms with van der Waals surface area (Å²) in [4.78, 5) is 9.03. The van der Waals surface area contributed by atoms with Crippen LogP contribution in [0.2, 0.25) is 13.1 Å². The molecule has 3 heterocycles. The maximum absolute atomic E-state index is 4.76. The average Bonchev–Trinajstić information content (AvgIpc) is 3.12. The summed E-state index contributed by atoms with van der Waals surface area (Å²) in [5, 5.41) is 9.80. The van der Waals surface area contributed by atoms with Crippen molar-refractivity contribution in [1.82, 2.24) is 9.97 Å². The summed E-state index contributed by atoms with van der Waals surface area (Å²) in [7, 11) is -1.60. The molecule has 1 aliphatic rings. The van der Waals surface area contributed by atoms with Crippen LogP contribution in [0.3, 0.4) is 0 Å². The van der Waals surface area contributed by atoms with Crippen molar-refractivity contribution in [3.8, 4) is 11.3 Å². The zero-order valence-electron chi connectivity index (χ0n) is 20.8. The van der Waals surface area contributed by atoms with Crippen LogP contribution in [-0.2, 0) is 20.1 Å². The fraction of sp³-hybridized carbons (Fsp3) is 0.125. The summed E-state index contributed by atoms with van der Waals surface area (Å²) >= 11 is 0. The smallest absolute Gasteiger partial charge is 0.0932 e. The monoisotopic (exact) mass is 659 g/mol. The first-order chi connectivity index (χ1) is 16.9. The molecular formula is C32H26IrN2Si-2. The molecule has 0 unspecified atom stereocenters. The summed E-state index contributed by atoms with van der Waals surface area (Å²) in [5.41, 5.74) is 5.57. The number of rotatable bonds is 1. The Bertz CT molecular complexity index is 1740. The van der Waals surface area contributed by atoms with Gasteiger partial charge >= 0.3 is 0 Å². The van der Waals surface area contributed by atoms with Gasteiger partial charge < -0.3 is 9.97 Å². The zero-order valence-corrected chi connectivity index (χ0v) is 24.2. The Kier molecular flexibility index (Phi) is 6.38. The molecule has 0 saturated carbocycles. The zero-order chi connectivity index (χ0) is 24.2. The summed E-state index contributed by atoms with van der Waals surface area (Å²) in [5.74, 6) is 0. The largest absolute Gasteiger partial charge is 0.305 e. The molecule has 0 N–H and O–H groups in total. The molecule has 0 saturated heterocycles. The fourth-order valence-corrected chi connectivity index (χ4v) is 8.45. The van der Waals surface area contributed by atoms with Crippen molar-refractivity contribution in [2.75, 3.05) is 0 Å². The minimum absolute atomic E-state index is 0. The van der Waals surface area contributed by atoms with Crippen LogP contribution in [0.1, 0.15) is 11.1 Å². The molecule has 0 spiro atoms. The topological polar surface area (TPSA) is 25.8 Å². The third kappa shape index (κ3) is 3.90. The number of pyridine rings is 2. The van der Waals surface area contributed by atoms with Crippen LogP contribution in [0.5, 0.6) is 0 Å². The molecule has 2 aromatic heterocycles. The van der Waals surface area contributed by atoms with Crippen molar-refractivity contribution in [3.63, 3.8) is 0 Å². The van der Waals surface area contributed by atoms with Gasteiger partial charge in [0.05, 0.1) is 8.07 Å². The number of hydrogen-bond acceptors (Lipinski definition) is 2. The summed E-state index contributed by atoms with van der Waals surface area (Å²) in [6.45, 7) is 9.10. The Hall–Kier alpha value is -3.17. The first-order valence-corrected chi connectivity index (χ1v) is 15.0. The van der Waals surface area contributed by atoms with Gasteiger partial charge in [0.15, 0.2) is 0 Å². The predicted molar refractivity (Wildman–Crippen MR) is 150 cm³/mol. The molecule has 1 radical (unpaired) electrons. The van der Waals surface area contributed by atoms with Gasteiger partial charge in [-0.2, -0.15) is 0 Å². The molecule has 0 atom stereocenters. The van der Waals surface area contributed by atoms with Crippen molar-refractivity contribution in [2.24, 2.45) is 0 Å². The van der Waals surface area contributed by atoms with Crippen LogP contribution in [0.15, 0.2) is 85.2 Å². The van der Waals surface area contributed by atoms with E-state index in [1.165, 1.54) is 43.2 Å². The third-order valence-corrected chi connectivity index (χ3v) is 10.6. The molecule has 0 fully saturated rings. The van der Waals surface area contributed by atoms with E-state index >= 15 is 0 Å². The number of nitrogens with zero attached hydrogens (tertiary/aromatic N) is 2. The minimum Gasteiger partial charge on any atom is -0.305 e. The number of benzene rings is 4. The normalized spacial score (nSPS) is 13.0. The van der Waals surface area contributed by atoms with Gasteiger partial charge in [0, 0.05) is 32.5 Å². The van der Waals surface area contributed by atoms with E-state index in [-0.39, 0.29) is 20.1 Å². The fourth-order valence-electron chi connectivity index (χ4n) is 5.39. The van der Waals surface area contributed by atoms with E-state index < -0.39 is 8.07 Å². The standard InChI is InChI=1S/C20H16NSi.C12H10N.Ir/c1-12-10-15-13-6-4-8-16-18(13)19-14(20(15)21-11-12)7-5-9-17(19)22(16,2)3;1-10-7-8-13-12(9-10)11-5-3-2-4-6-11;/h4-6,8-11H,1-3H3;2-5,7-9H,1H3;/q2*-1;. The first kappa shape index (κ1) is 24.5. The second kappa shape index (κ2) is 9.37. The number of aromatic nitrogens is 2. The van der Waals surface area contributed by atoms with E-state index in [2.05, 4.69) is 86.5 Å². The first-order valence-electron chi connectivity index (χ1n) is 12.0. The van der Waals surface area contributed by atoms with E-state index in [1.54, 1.807) is 5.19 Å². The Morgan fingerprint density at radius 1 is 0.722 bits per heavy atom. The van der Waals surface area contributed by atoms with Gasteiger partial charge in [-0.05, 0) is 47.5 Å². The molecular weight excluding hydrogens is 633 g/mol. The molecule has 179 valence electrons. The molecule has 6 aromatic rings. The number of aryl methyl sites for hydroxylation is 2. The Labute approximate surface area is 226 Å². The van der Waals surface area contributed by atoms with Crippen molar-refractivity contribution in [1.29, 1.82) is 0 Å². The van der Waals surface area contributed by atoms with E-state index in [0.717, 1.165) is 16.8 Å². The van der Waals surface area contributed by atoms with Crippen molar-refractivity contribution >= 4 is 50.9 Å². The Balaban J connectivity index is 0.000000164. The molecule has 4 aromatic carbocycles. The maximum Gasteiger partial charge on any atom is 0.0932 e.